The number of anilines is 20. The zero-order chi connectivity index (χ0) is 70.0. The number of aryl methyl sites for hydroxylation is 4. The summed E-state index contributed by atoms with van der Waals surface area (Å²) in [6.45, 7) is 8.07. The second-order valence-electron chi connectivity index (χ2n) is 26.2. The molecule has 0 amide bonds. The van der Waals surface area contributed by atoms with E-state index in [0.717, 1.165) is 120 Å². The van der Waals surface area contributed by atoms with Crippen LogP contribution < -0.4 is 58.5 Å². The van der Waals surface area contributed by atoms with E-state index < -0.39 is 6.98 Å². The van der Waals surface area contributed by atoms with E-state index in [-0.39, 0.29) is 6.67 Å². The molecule has 100 heavy (non-hydrogen) atoms. The Hall–Kier alpha value is -12.5. The van der Waals surface area contributed by atoms with Gasteiger partial charge in [-0.1, -0.05) is 109 Å². The molecule has 13 aromatic rings. The lowest BCUT2D eigenvalue weighted by Gasteiger charge is -2.29. The van der Waals surface area contributed by atoms with Gasteiger partial charge < -0.3 is 58.5 Å². The molecule has 12 heteroatoms. The van der Waals surface area contributed by atoms with Gasteiger partial charge in [-0.25, -0.2) is 0 Å². The highest BCUT2D eigenvalue weighted by Gasteiger charge is 2.34. The Morgan fingerprint density at radius 3 is 0.930 bits per heavy atom. The van der Waals surface area contributed by atoms with Gasteiger partial charge in [0.2, 0.25) is 0 Å². The highest BCUT2D eigenvalue weighted by atomic mass is 16.5. The molecule has 13 aromatic carbocycles. The number of hydrogen-bond acceptors (Lipinski definition) is 12. The Balaban J connectivity index is 0.699. The second-order valence-corrected chi connectivity index (χ2v) is 26.2. The fourth-order valence-electron chi connectivity index (χ4n) is 14.5. The molecule has 0 saturated carbocycles. The van der Waals surface area contributed by atoms with Crippen LogP contribution in [-0.2, 0) is 0 Å². The topological polar surface area (TPSA) is 50.9 Å². The molecule has 4 aliphatic heterocycles. The SMILES string of the molecule is [2H]C([2H])([2H])N1CN(c2cccc(Oc3cc(N4CN(c5ccc(N6CN(c7cc(Oc8cccc(N9CN(C)c%10cc(C)c(C)cc%109)c8)cc(N(c8ccccc8)c8ccccc8)c7)c7ccccc76)cc5)c5ccccc54)cc(N(c4ccccc4)c4ccccc4)c3)c2)c2cc(C)c(C)cc21. The minimum atomic E-state index is -2.33. The third-order valence-corrected chi connectivity index (χ3v) is 19.7. The van der Waals surface area contributed by atoms with Crippen molar-refractivity contribution >= 4 is 114 Å². The zero-order valence-corrected chi connectivity index (χ0v) is 56.5. The van der Waals surface area contributed by atoms with Crippen molar-refractivity contribution in [3.05, 3.63) is 326 Å². The first-order valence-corrected chi connectivity index (χ1v) is 34.0. The van der Waals surface area contributed by atoms with Crippen molar-refractivity contribution in [1.82, 2.24) is 0 Å². The van der Waals surface area contributed by atoms with E-state index in [1.54, 1.807) is 0 Å². The van der Waals surface area contributed by atoms with Crippen molar-refractivity contribution in [1.29, 1.82) is 0 Å². The normalized spacial score (nSPS) is 14.2. The van der Waals surface area contributed by atoms with E-state index in [0.29, 0.717) is 36.3 Å². The van der Waals surface area contributed by atoms with Crippen LogP contribution in [0, 0.1) is 27.7 Å². The largest absolute Gasteiger partial charge is 0.457 e. The molecular formula is C88H76N10O2. The number of fused-ring (bicyclic) bond motifs is 4. The Labute approximate surface area is 590 Å². The molecule has 4 aliphatic rings. The Morgan fingerprint density at radius 2 is 0.560 bits per heavy atom. The van der Waals surface area contributed by atoms with Gasteiger partial charge in [-0.05, 0) is 208 Å². The molecule has 4 heterocycles. The lowest BCUT2D eigenvalue weighted by Crippen LogP contribution is -2.25. The smallest absolute Gasteiger partial charge is 0.131 e. The first kappa shape index (κ1) is 57.7. The fraction of sp³-hybridized carbons (Fsp3) is 0.114. The van der Waals surface area contributed by atoms with E-state index in [4.69, 9.17) is 13.6 Å². The number of ether oxygens (including phenoxy) is 2. The minimum Gasteiger partial charge on any atom is -0.457 e. The fourth-order valence-corrected chi connectivity index (χ4v) is 14.5. The Morgan fingerprint density at radius 1 is 0.250 bits per heavy atom. The predicted molar refractivity (Wildman–Crippen MR) is 416 cm³/mol. The summed E-state index contributed by atoms with van der Waals surface area (Å²) in [5.74, 6) is 2.69. The molecule has 17 rings (SSSR count). The van der Waals surface area contributed by atoms with E-state index in [2.05, 4.69) is 327 Å². The number of para-hydroxylation sites is 8. The monoisotopic (exact) mass is 1310 g/mol. The average molecular weight is 1310 g/mol. The maximum Gasteiger partial charge on any atom is 0.131 e. The number of nitrogens with zero attached hydrogens (tertiary/aromatic N) is 10. The van der Waals surface area contributed by atoms with Crippen molar-refractivity contribution < 1.29 is 13.6 Å². The highest BCUT2D eigenvalue weighted by Crippen LogP contribution is 2.52. The molecule has 0 radical (unpaired) electrons. The highest BCUT2D eigenvalue weighted by molar-refractivity contribution is 5.93. The van der Waals surface area contributed by atoms with Gasteiger partial charge in [0.15, 0.2) is 0 Å². The lowest BCUT2D eigenvalue weighted by atomic mass is 10.1. The molecule has 0 spiro atoms. The molecule has 0 saturated heterocycles. The van der Waals surface area contributed by atoms with Crippen LogP contribution in [0.5, 0.6) is 23.0 Å². The van der Waals surface area contributed by atoms with Crippen molar-refractivity contribution in [2.45, 2.75) is 27.7 Å². The third-order valence-electron chi connectivity index (χ3n) is 19.7. The summed E-state index contributed by atoms with van der Waals surface area (Å²) in [5.41, 5.74) is 24.7. The van der Waals surface area contributed by atoms with Crippen LogP contribution in [-0.4, -0.2) is 40.7 Å². The van der Waals surface area contributed by atoms with Gasteiger partial charge in [0.05, 0.1) is 70.2 Å². The minimum absolute atomic E-state index is 0.168. The number of rotatable bonds is 16. The summed E-state index contributed by atoms with van der Waals surface area (Å²) in [5, 5.41) is 0. The maximum atomic E-state index is 8.50. The molecular weight excluding hydrogens is 1230 g/mol. The number of benzene rings is 13. The van der Waals surface area contributed by atoms with E-state index in [9.17, 15) is 0 Å². The van der Waals surface area contributed by atoms with Crippen LogP contribution >= 0.6 is 0 Å². The molecule has 0 atom stereocenters. The molecule has 0 bridgehead atoms. The van der Waals surface area contributed by atoms with Crippen LogP contribution in [0.3, 0.4) is 0 Å². The van der Waals surface area contributed by atoms with Crippen molar-refractivity contribution in [2.75, 3.05) is 89.7 Å². The summed E-state index contributed by atoms with van der Waals surface area (Å²) in [6.07, 6.45) is 0. The molecule has 490 valence electrons. The number of hydrogen-bond donors (Lipinski definition) is 0. The zero-order valence-electron chi connectivity index (χ0n) is 59.5. The maximum absolute atomic E-state index is 8.50. The molecule has 0 fully saturated rings. The van der Waals surface area contributed by atoms with Crippen LogP contribution in [0.4, 0.5) is 114 Å². The quantitative estimate of drug-likeness (QED) is 0.0926. The summed E-state index contributed by atoms with van der Waals surface area (Å²) >= 11 is 0. The second kappa shape index (κ2) is 25.5. The lowest BCUT2D eigenvalue weighted by molar-refractivity contribution is 0.482. The van der Waals surface area contributed by atoms with Crippen LogP contribution in [0.25, 0.3) is 0 Å². The molecule has 0 aromatic heterocycles. The summed E-state index contributed by atoms with van der Waals surface area (Å²) in [6, 6.07) is 106. The standard InChI is InChI=1S/C88H76N10O2/c1-61-45-85-87(47-63(61)3)91(57-89(85)5)71-33-23-35-77(51-71)99-79-53-73(49-75(55-79)97(67-25-11-7-12-26-67)68-27-13-8-14-28-68)95-59-93(81-37-19-21-39-83(81)95)65-41-43-66(44-42-65)94-60-96(84-40-22-20-38-82(84)94)74-50-76(98(69-29-15-9-16-30-69)70-31-17-10-18-32-70)56-80(54-74)100-78-36-24-34-72(52-78)92-58-90(6)86-46-62(2)64(4)48-88(86)92/h7-56H,57-60H2,1-6H3/i5D3. The summed E-state index contributed by atoms with van der Waals surface area (Å²) in [4.78, 5) is 22.3. The van der Waals surface area contributed by atoms with Crippen LogP contribution in [0.2, 0.25) is 0 Å². The molecule has 0 aliphatic carbocycles. The van der Waals surface area contributed by atoms with Crippen molar-refractivity contribution in [3.63, 3.8) is 0 Å². The average Bonchev–Trinajstić information content (AvgIpc) is 1.68. The summed E-state index contributed by atoms with van der Waals surface area (Å²) < 4.78 is 39.7. The predicted octanol–water partition coefficient (Wildman–Crippen LogP) is 23.0. The molecule has 0 N–H and O–H groups in total. The van der Waals surface area contributed by atoms with Gasteiger partial charge in [0.25, 0.3) is 0 Å². The summed E-state index contributed by atoms with van der Waals surface area (Å²) in [7, 11) is 2.15. The Bertz CT molecular complexity index is 5240. The van der Waals surface area contributed by atoms with Gasteiger partial charge in [0, 0.05) is 111 Å². The Kier molecular flexibility index (Phi) is 14.7. The van der Waals surface area contributed by atoms with E-state index in [1.165, 1.54) is 27.4 Å². The first-order chi connectivity index (χ1) is 50.2. The van der Waals surface area contributed by atoms with Gasteiger partial charge in [-0.15, -0.1) is 0 Å². The van der Waals surface area contributed by atoms with E-state index in [1.807, 2.05) is 55.5 Å². The third kappa shape index (κ3) is 11.4. The van der Waals surface area contributed by atoms with Crippen molar-refractivity contribution in [3.8, 4) is 23.0 Å². The van der Waals surface area contributed by atoms with Gasteiger partial charge in [-0.2, -0.15) is 0 Å². The van der Waals surface area contributed by atoms with Crippen LogP contribution in [0.15, 0.2) is 303 Å². The van der Waals surface area contributed by atoms with Crippen molar-refractivity contribution in [2.24, 2.45) is 0 Å². The first-order valence-electron chi connectivity index (χ1n) is 35.5. The van der Waals surface area contributed by atoms with E-state index >= 15 is 0 Å². The van der Waals surface area contributed by atoms with Gasteiger partial charge in [-0.3, -0.25) is 0 Å². The van der Waals surface area contributed by atoms with Gasteiger partial charge >= 0.3 is 0 Å². The molecule has 12 nitrogen and oxygen atoms in total. The van der Waals surface area contributed by atoms with Gasteiger partial charge in [0.1, 0.15) is 36.3 Å². The molecule has 0 unspecified atom stereocenters. The van der Waals surface area contributed by atoms with Crippen LogP contribution in [0.1, 0.15) is 26.4 Å².